The molecule has 1 N–H and O–H groups in total. The van der Waals surface area contributed by atoms with Crippen LogP contribution in [0.2, 0.25) is 0 Å². The van der Waals surface area contributed by atoms with E-state index in [0.717, 1.165) is 0 Å². The van der Waals surface area contributed by atoms with E-state index in [-0.39, 0.29) is 11.8 Å². The predicted octanol–water partition coefficient (Wildman–Crippen LogP) is 0.0203. The average Bonchev–Trinajstić information content (AvgIpc) is 2.10. The number of amides is 1. The second-order valence-corrected chi connectivity index (χ2v) is 4.80. The number of carbonyl (C=O) groups is 2. The molecule has 0 fully saturated rings. The number of hydrogen-bond donors (Lipinski definition) is 1. The van der Waals surface area contributed by atoms with Gasteiger partial charge in [0.1, 0.15) is 0 Å². The van der Waals surface area contributed by atoms with Gasteiger partial charge in [0.05, 0.1) is 12.0 Å². The van der Waals surface area contributed by atoms with E-state index in [4.69, 9.17) is 0 Å². The molecule has 88 valence electrons. The second kappa shape index (κ2) is 7.56. The Hall–Kier alpha value is -0.710. The summed E-state index contributed by atoms with van der Waals surface area (Å²) in [6, 6.07) is -0.858. The van der Waals surface area contributed by atoms with Gasteiger partial charge in [-0.1, -0.05) is 13.8 Å². The van der Waals surface area contributed by atoms with Crippen molar-refractivity contribution in [3.63, 3.8) is 0 Å². The number of nitrogens with one attached hydrogen (secondary N) is 1. The summed E-state index contributed by atoms with van der Waals surface area (Å²) in [5, 5.41) is 13.2. The van der Waals surface area contributed by atoms with Crippen LogP contribution in [0.3, 0.4) is 0 Å². The molecule has 0 spiro atoms. The molecular formula is C10H18NO3S-. The first kappa shape index (κ1) is 14.3. The molecule has 0 aromatic heterocycles. The fourth-order valence-corrected chi connectivity index (χ4v) is 1.58. The van der Waals surface area contributed by atoms with Crippen molar-refractivity contribution in [3.8, 4) is 0 Å². The number of carboxylic acid groups (broad SMARTS) is 1. The van der Waals surface area contributed by atoms with Gasteiger partial charge in [0.2, 0.25) is 5.91 Å². The summed E-state index contributed by atoms with van der Waals surface area (Å²) in [4.78, 5) is 22.0. The van der Waals surface area contributed by atoms with Crippen LogP contribution in [-0.4, -0.2) is 29.9 Å². The highest BCUT2D eigenvalue weighted by Gasteiger charge is 2.13. The fourth-order valence-electron chi connectivity index (χ4n) is 1.11. The van der Waals surface area contributed by atoms with Gasteiger partial charge >= 0.3 is 0 Å². The van der Waals surface area contributed by atoms with Gasteiger partial charge in [-0.15, -0.1) is 0 Å². The monoisotopic (exact) mass is 232 g/mol. The van der Waals surface area contributed by atoms with Crippen LogP contribution in [0.4, 0.5) is 0 Å². The van der Waals surface area contributed by atoms with Crippen LogP contribution < -0.4 is 10.4 Å². The molecule has 0 rings (SSSR count). The van der Waals surface area contributed by atoms with Gasteiger partial charge in [0.25, 0.3) is 0 Å². The first-order chi connectivity index (χ1) is 6.97. The SMILES string of the molecule is CSCCC(NC(=O)CC(C)C)C(=O)[O-]. The zero-order valence-electron chi connectivity index (χ0n) is 9.41. The molecule has 5 heteroatoms. The Morgan fingerprint density at radius 2 is 2.00 bits per heavy atom. The summed E-state index contributed by atoms with van der Waals surface area (Å²) in [7, 11) is 0. The van der Waals surface area contributed by atoms with Gasteiger partial charge in [-0.25, -0.2) is 0 Å². The molecule has 0 heterocycles. The van der Waals surface area contributed by atoms with Crippen molar-refractivity contribution < 1.29 is 14.7 Å². The van der Waals surface area contributed by atoms with E-state index >= 15 is 0 Å². The van der Waals surface area contributed by atoms with Crippen LogP contribution in [0.25, 0.3) is 0 Å². The third-order valence-electron chi connectivity index (χ3n) is 1.82. The smallest absolute Gasteiger partial charge is 0.220 e. The highest BCUT2D eigenvalue weighted by atomic mass is 32.2. The lowest BCUT2D eigenvalue weighted by molar-refractivity contribution is -0.308. The number of carbonyl (C=O) groups excluding carboxylic acids is 2. The second-order valence-electron chi connectivity index (χ2n) is 3.82. The Morgan fingerprint density at radius 1 is 1.40 bits per heavy atom. The molecule has 0 saturated carbocycles. The largest absolute Gasteiger partial charge is 0.548 e. The molecule has 15 heavy (non-hydrogen) atoms. The van der Waals surface area contributed by atoms with Crippen molar-refractivity contribution in [3.05, 3.63) is 0 Å². The summed E-state index contributed by atoms with van der Waals surface area (Å²) < 4.78 is 0. The average molecular weight is 232 g/mol. The van der Waals surface area contributed by atoms with Gasteiger partial charge in [-0.2, -0.15) is 11.8 Å². The van der Waals surface area contributed by atoms with Crippen LogP contribution >= 0.6 is 11.8 Å². The third-order valence-corrected chi connectivity index (χ3v) is 2.47. The summed E-state index contributed by atoms with van der Waals surface area (Å²) in [5.41, 5.74) is 0. The van der Waals surface area contributed by atoms with E-state index < -0.39 is 12.0 Å². The van der Waals surface area contributed by atoms with E-state index in [0.29, 0.717) is 18.6 Å². The number of carboxylic acids is 1. The molecule has 1 unspecified atom stereocenters. The van der Waals surface area contributed by atoms with E-state index in [2.05, 4.69) is 5.32 Å². The molecule has 0 aliphatic rings. The fraction of sp³-hybridized carbons (Fsp3) is 0.800. The lowest BCUT2D eigenvalue weighted by Gasteiger charge is -2.19. The van der Waals surface area contributed by atoms with Gasteiger partial charge in [-0.05, 0) is 24.3 Å². The minimum Gasteiger partial charge on any atom is -0.548 e. The van der Waals surface area contributed by atoms with Crippen LogP contribution in [0.1, 0.15) is 26.7 Å². The van der Waals surface area contributed by atoms with Crippen molar-refractivity contribution in [2.75, 3.05) is 12.0 Å². The molecular weight excluding hydrogens is 214 g/mol. The van der Waals surface area contributed by atoms with Crippen molar-refractivity contribution in [2.45, 2.75) is 32.7 Å². The maximum absolute atomic E-state index is 11.3. The van der Waals surface area contributed by atoms with Crippen LogP contribution in [-0.2, 0) is 9.59 Å². The first-order valence-corrected chi connectivity index (χ1v) is 6.36. The van der Waals surface area contributed by atoms with Crippen molar-refractivity contribution >= 4 is 23.6 Å². The zero-order valence-corrected chi connectivity index (χ0v) is 10.2. The normalized spacial score (nSPS) is 12.5. The summed E-state index contributed by atoms with van der Waals surface area (Å²) >= 11 is 1.55. The quantitative estimate of drug-likeness (QED) is 0.672. The molecule has 0 saturated heterocycles. The van der Waals surface area contributed by atoms with E-state index in [1.54, 1.807) is 11.8 Å². The molecule has 0 aliphatic carbocycles. The highest BCUT2D eigenvalue weighted by Crippen LogP contribution is 2.03. The highest BCUT2D eigenvalue weighted by molar-refractivity contribution is 7.98. The van der Waals surface area contributed by atoms with Crippen LogP contribution in [0, 0.1) is 5.92 Å². The lowest BCUT2D eigenvalue weighted by atomic mass is 10.1. The maximum atomic E-state index is 11.3. The molecule has 0 aromatic rings. The minimum atomic E-state index is -1.21. The molecule has 1 atom stereocenters. The van der Waals surface area contributed by atoms with Crippen LogP contribution in [0.15, 0.2) is 0 Å². The topological polar surface area (TPSA) is 69.2 Å². The van der Waals surface area contributed by atoms with Crippen molar-refractivity contribution in [2.24, 2.45) is 5.92 Å². The van der Waals surface area contributed by atoms with Crippen LogP contribution in [0.5, 0.6) is 0 Å². The van der Waals surface area contributed by atoms with E-state index in [1.807, 2.05) is 20.1 Å². The first-order valence-electron chi connectivity index (χ1n) is 4.96. The molecule has 0 radical (unpaired) electrons. The van der Waals surface area contributed by atoms with Gasteiger partial charge in [0.15, 0.2) is 0 Å². The Labute approximate surface area is 94.8 Å². The molecule has 4 nitrogen and oxygen atoms in total. The number of hydrogen-bond acceptors (Lipinski definition) is 4. The predicted molar refractivity (Wildman–Crippen MR) is 59.4 cm³/mol. The van der Waals surface area contributed by atoms with Gasteiger partial charge < -0.3 is 15.2 Å². The van der Waals surface area contributed by atoms with Gasteiger partial charge in [-0.3, -0.25) is 4.79 Å². The number of thioether (sulfide) groups is 1. The Kier molecular flexibility index (Phi) is 7.21. The zero-order chi connectivity index (χ0) is 11.8. The minimum absolute atomic E-state index is 0.222. The Morgan fingerprint density at radius 3 is 2.40 bits per heavy atom. The summed E-state index contributed by atoms with van der Waals surface area (Å²) in [6.45, 7) is 3.82. The number of aliphatic carboxylic acids is 1. The molecule has 0 bridgehead atoms. The van der Waals surface area contributed by atoms with E-state index in [9.17, 15) is 14.7 Å². The molecule has 1 amide bonds. The Bertz CT molecular complexity index is 219. The molecule has 0 aliphatic heterocycles. The molecule has 0 aromatic carbocycles. The van der Waals surface area contributed by atoms with Crippen molar-refractivity contribution in [1.29, 1.82) is 0 Å². The Balaban J connectivity index is 4.04. The van der Waals surface area contributed by atoms with E-state index in [1.165, 1.54) is 0 Å². The summed E-state index contributed by atoms with van der Waals surface area (Å²) in [6.07, 6.45) is 2.65. The standard InChI is InChI=1S/C10H19NO3S/c1-7(2)6-9(12)11-8(10(13)14)4-5-15-3/h7-8H,4-6H2,1-3H3,(H,11,12)(H,13,14)/p-1. The number of rotatable bonds is 7. The van der Waals surface area contributed by atoms with Gasteiger partial charge in [0, 0.05) is 6.42 Å². The van der Waals surface area contributed by atoms with Crippen molar-refractivity contribution in [1.82, 2.24) is 5.32 Å². The maximum Gasteiger partial charge on any atom is 0.220 e. The summed E-state index contributed by atoms with van der Waals surface area (Å²) in [5.74, 6) is -0.505. The lowest BCUT2D eigenvalue weighted by Crippen LogP contribution is -2.48. The third kappa shape index (κ3) is 7.25.